The van der Waals surface area contributed by atoms with Crippen LogP contribution in [0.25, 0.3) is 0 Å². The minimum absolute atomic E-state index is 0. The summed E-state index contributed by atoms with van der Waals surface area (Å²) in [7, 11) is 0. The molecule has 1 spiro atoms. The van der Waals surface area contributed by atoms with Crippen LogP contribution in [0.15, 0.2) is 4.99 Å². The van der Waals surface area contributed by atoms with E-state index in [2.05, 4.69) is 4.99 Å². The molecule has 0 aromatic rings. The maximum Gasteiger partial charge on any atom is 0.191 e. The molecule has 21 heavy (non-hydrogen) atoms. The van der Waals surface area contributed by atoms with Crippen molar-refractivity contribution in [1.29, 1.82) is 0 Å². The van der Waals surface area contributed by atoms with Gasteiger partial charge in [-0.15, -0.1) is 24.0 Å². The number of halogens is 1. The number of aliphatic imine (C=N–C) groups is 1. The maximum absolute atomic E-state index is 6.02. The molecule has 3 aliphatic heterocycles. The van der Waals surface area contributed by atoms with Gasteiger partial charge in [-0.25, -0.2) is 0 Å². The van der Waals surface area contributed by atoms with Crippen LogP contribution in [0, 0.1) is 0 Å². The summed E-state index contributed by atoms with van der Waals surface area (Å²) in [4.78, 5) is 6.48. The monoisotopic (exact) mass is 413 g/mol. The summed E-state index contributed by atoms with van der Waals surface area (Å²) in [6.07, 6.45) is 1.59. The minimum atomic E-state index is -0.438. The molecule has 0 aromatic carbocycles. The standard InChI is InChI=1S/C13H23N3O4.HI/c14-12(16-3-7-18-8-4-16)15-9-11-10-19-13(20-11)1-5-17-6-2-13;/h11H,1-10H2,(H2,14,15);1H. The summed E-state index contributed by atoms with van der Waals surface area (Å²) in [5, 5.41) is 0. The SMILES string of the molecule is I.NC(=NCC1COC2(CCOCC2)O1)N1CCOCC1. The van der Waals surface area contributed by atoms with Gasteiger partial charge in [-0.3, -0.25) is 4.99 Å². The second-order valence-corrected chi connectivity index (χ2v) is 5.37. The molecule has 1 atom stereocenters. The molecule has 0 saturated carbocycles. The lowest BCUT2D eigenvalue weighted by atomic mass is 10.1. The molecule has 1 unspecified atom stereocenters. The third-order valence-corrected chi connectivity index (χ3v) is 3.96. The van der Waals surface area contributed by atoms with Gasteiger partial charge in [0.25, 0.3) is 0 Å². The highest BCUT2D eigenvalue weighted by Crippen LogP contribution is 2.33. The van der Waals surface area contributed by atoms with E-state index < -0.39 is 5.79 Å². The Bertz CT molecular complexity index is 357. The smallest absolute Gasteiger partial charge is 0.191 e. The lowest BCUT2D eigenvalue weighted by Crippen LogP contribution is -2.45. The van der Waals surface area contributed by atoms with E-state index in [0.717, 1.165) is 25.9 Å². The number of nitrogens with zero attached hydrogens (tertiary/aromatic N) is 2. The summed E-state index contributed by atoms with van der Waals surface area (Å²) in [5.41, 5.74) is 6.00. The molecule has 0 aromatic heterocycles. The number of morpholine rings is 1. The number of guanidine groups is 1. The predicted molar refractivity (Wildman–Crippen MR) is 87.9 cm³/mol. The van der Waals surface area contributed by atoms with Gasteiger partial charge in [0.1, 0.15) is 6.10 Å². The fourth-order valence-corrected chi connectivity index (χ4v) is 2.74. The van der Waals surface area contributed by atoms with Crippen LogP contribution in [-0.2, 0) is 18.9 Å². The van der Waals surface area contributed by atoms with Crippen molar-refractivity contribution < 1.29 is 18.9 Å². The van der Waals surface area contributed by atoms with Crippen molar-refractivity contribution in [3.05, 3.63) is 0 Å². The van der Waals surface area contributed by atoms with E-state index in [4.69, 9.17) is 24.7 Å². The first kappa shape index (κ1) is 17.2. The van der Waals surface area contributed by atoms with Crippen molar-refractivity contribution in [2.45, 2.75) is 24.7 Å². The van der Waals surface area contributed by atoms with E-state index in [9.17, 15) is 0 Å². The molecule has 0 radical (unpaired) electrons. The van der Waals surface area contributed by atoms with Crippen molar-refractivity contribution in [3.8, 4) is 0 Å². The van der Waals surface area contributed by atoms with Crippen LogP contribution >= 0.6 is 24.0 Å². The van der Waals surface area contributed by atoms with Crippen LogP contribution in [0.5, 0.6) is 0 Å². The lowest BCUT2D eigenvalue weighted by molar-refractivity contribution is -0.210. The Balaban J connectivity index is 0.00000161. The van der Waals surface area contributed by atoms with Gasteiger partial charge in [-0.05, 0) is 0 Å². The van der Waals surface area contributed by atoms with Crippen molar-refractivity contribution >= 4 is 29.9 Å². The molecule has 3 aliphatic rings. The summed E-state index contributed by atoms with van der Waals surface area (Å²) >= 11 is 0. The number of rotatable bonds is 2. The number of nitrogens with two attached hydrogens (primary N) is 1. The molecule has 0 amide bonds. The maximum atomic E-state index is 6.02. The first-order valence-electron chi connectivity index (χ1n) is 7.30. The molecule has 2 N–H and O–H groups in total. The summed E-state index contributed by atoms with van der Waals surface area (Å²) < 4.78 is 22.5. The quantitative estimate of drug-likeness (QED) is 0.395. The highest BCUT2D eigenvalue weighted by molar-refractivity contribution is 14.0. The lowest BCUT2D eigenvalue weighted by Gasteiger charge is -2.31. The summed E-state index contributed by atoms with van der Waals surface area (Å²) in [6.45, 7) is 5.56. The highest BCUT2D eigenvalue weighted by Gasteiger charge is 2.42. The predicted octanol–water partition coefficient (Wildman–Crippen LogP) is 0.173. The van der Waals surface area contributed by atoms with Crippen molar-refractivity contribution in [1.82, 2.24) is 4.90 Å². The van der Waals surface area contributed by atoms with E-state index in [0.29, 0.717) is 45.5 Å². The van der Waals surface area contributed by atoms with Gasteiger partial charge in [0.05, 0.1) is 39.6 Å². The largest absolute Gasteiger partial charge is 0.381 e. The first-order valence-corrected chi connectivity index (χ1v) is 7.30. The average Bonchev–Trinajstić information content (AvgIpc) is 2.89. The van der Waals surface area contributed by atoms with Crippen LogP contribution in [0.2, 0.25) is 0 Å². The summed E-state index contributed by atoms with van der Waals surface area (Å²) in [5.74, 6) is 0.136. The normalized spacial score (nSPS) is 29.4. The second kappa shape index (κ2) is 7.91. The molecular weight excluding hydrogens is 389 g/mol. The van der Waals surface area contributed by atoms with Crippen molar-refractivity contribution in [3.63, 3.8) is 0 Å². The fourth-order valence-electron chi connectivity index (χ4n) is 2.74. The third kappa shape index (κ3) is 4.41. The van der Waals surface area contributed by atoms with Gasteiger partial charge in [0.15, 0.2) is 11.7 Å². The molecule has 3 saturated heterocycles. The topological polar surface area (TPSA) is 78.5 Å². The Kier molecular flexibility index (Phi) is 6.48. The van der Waals surface area contributed by atoms with Gasteiger partial charge >= 0.3 is 0 Å². The van der Waals surface area contributed by atoms with Crippen molar-refractivity contribution in [2.24, 2.45) is 10.7 Å². The number of ether oxygens (including phenoxy) is 4. The van der Waals surface area contributed by atoms with Crippen LogP contribution in [0.3, 0.4) is 0 Å². The van der Waals surface area contributed by atoms with E-state index >= 15 is 0 Å². The molecular formula is C13H24IN3O4. The van der Waals surface area contributed by atoms with E-state index in [1.54, 1.807) is 0 Å². The zero-order valence-corrected chi connectivity index (χ0v) is 14.5. The molecule has 3 rings (SSSR count). The molecule has 0 aliphatic carbocycles. The van der Waals surface area contributed by atoms with Gasteiger partial charge in [0.2, 0.25) is 0 Å². The first-order chi connectivity index (χ1) is 9.77. The van der Waals surface area contributed by atoms with Crippen LogP contribution < -0.4 is 5.73 Å². The molecule has 0 bridgehead atoms. The average molecular weight is 413 g/mol. The van der Waals surface area contributed by atoms with Gasteiger partial charge in [-0.2, -0.15) is 0 Å². The van der Waals surface area contributed by atoms with Gasteiger partial charge < -0.3 is 29.6 Å². The van der Waals surface area contributed by atoms with Crippen LogP contribution in [-0.4, -0.2) is 75.4 Å². The zero-order chi connectivity index (χ0) is 13.8. The fraction of sp³-hybridized carbons (Fsp3) is 0.923. The Labute approximate surface area is 142 Å². The molecule has 122 valence electrons. The van der Waals surface area contributed by atoms with Crippen LogP contribution in [0.1, 0.15) is 12.8 Å². The van der Waals surface area contributed by atoms with Gasteiger partial charge in [0, 0.05) is 25.9 Å². The third-order valence-electron chi connectivity index (χ3n) is 3.96. The minimum Gasteiger partial charge on any atom is -0.381 e. The summed E-state index contributed by atoms with van der Waals surface area (Å²) in [6, 6.07) is 0. The van der Waals surface area contributed by atoms with Gasteiger partial charge in [-0.1, -0.05) is 0 Å². The van der Waals surface area contributed by atoms with Crippen molar-refractivity contribution in [2.75, 3.05) is 52.7 Å². The van der Waals surface area contributed by atoms with Crippen LogP contribution in [0.4, 0.5) is 0 Å². The van der Waals surface area contributed by atoms with E-state index in [1.807, 2.05) is 4.90 Å². The molecule has 3 fully saturated rings. The zero-order valence-electron chi connectivity index (χ0n) is 12.2. The molecule has 8 heteroatoms. The highest BCUT2D eigenvalue weighted by atomic mass is 127. The molecule has 7 nitrogen and oxygen atoms in total. The Morgan fingerprint density at radius 1 is 1.14 bits per heavy atom. The van der Waals surface area contributed by atoms with E-state index in [-0.39, 0.29) is 30.1 Å². The van der Waals surface area contributed by atoms with E-state index in [1.165, 1.54) is 0 Å². The number of hydrogen-bond donors (Lipinski definition) is 1. The molecule has 3 heterocycles. The number of hydrogen-bond acceptors (Lipinski definition) is 5. The Morgan fingerprint density at radius 3 is 2.52 bits per heavy atom. The Morgan fingerprint density at radius 2 is 1.81 bits per heavy atom. The second-order valence-electron chi connectivity index (χ2n) is 5.37. The Hall–Kier alpha value is -0.160.